The van der Waals surface area contributed by atoms with Gasteiger partial charge in [-0.2, -0.15) is 0 Å². The van der Waals surface area contributed by atoms with Gasteiger partial charge in [-0.15, -0.1) is 0 Å². The predicted molar refractivity (Wildman–Crippen MR) is 93.3 cm³/mol. The van der Waals surface area contributed by atoms with Gasteiger partial charge in [0.05, 0.1) is 13.0 Å². The number of carbonyl (C=O) groups excluding carboxylic acids is 1. The Kier molecular flexibility index (Phi) is 4.22. The highest BCUT2D eigenvalue weighted by molar-refractivity contribution is 5.85. The maximum absolute atomic E-state index is 12.7. The number of hydrogen-bond donors (Lipinski definition) is 1. The van der Waals surface area contributed by atoms with Crippen LogP contribution in [0.2, 0.25) is 0 Å². The first-order chi connectivity index (χ1) is 12.3. The van der Waals surface area contributed by atoms with Crippen molar-refractivity contribution >= 4 is 5.91 Å². The van der Waals surface area contributed by atoms with Crippen molar-refractivity contribution in [2.75, 3.05) is 20.3 Å². The number of ether oxygens (including phenoxy) is 3. The van der Waals surface area contributed by atoms with Gasteiger partial charge in [0.1, 0.15) is 19.0 Å². The van der Waals surface area contributed by atoms with E-state index >= 15 is 0 Å². The maximum Gasteiger partial charge on any atom is 0.227 e. The van der Waals surface area contributed by atoms with E-state index in [0.29, 0.717) is 37.0 Å². The second-order valence-electron chi connectivity index (χ2n) is 6.32. The Morgan fingerprint density at radius 1 is 1.20 bits per heavy atom. The number of rotatable bonds is 4. The Morgan fingerprint density at radius 3 is 2.76 bits per heavy atom. The summed E-state index contributed by atoms with van der Waals surface area (Å²) in [7, 11) is 1.62. The lowest BCUT2D eigenvalue weighted by Gasteiger charge is -2.21. The molecule has 0 spiro atoms. The molecule has 1 atom stereocenters. The molecule has 4 rings (SSSR count). The average Bonchev–Trinajstić information content (AvgIpc) is 3.09. The third kappa shape index (κ3) is 3.02. The van der Waals surface area contributed by atoms with Gasteiger partial charge >= 0.3 is 0 Å². The number of benzene rings is 2. The number of nitrogens with one attached hydrogen (secondary N) is 1. The molecule has 5 nitrogen and oxygen atoms in total. The van der Waals surface area contributed by atoms with Crippen LogP contribution in [0.5, 0.6) is 17.2 Å². The van der Waals surface area contributed by atoms with Crippen LogP contribution in [0.15, 0.2) is 36.4 Å². The molecule has 1 heterocycles. The summed E-state index contributed by atoms with van der Waals surface area (Å²) in [5.41, 5.74) is 3.31. The van der Waals surface area contributed by atoms with E-state index < -0.39 is 0 Å². The molecule has 0 fully saturated rings. The van der Waals surface area contributed by atoms with Gasteiger partial charge in [-0.25, -0.2) is 0 Å². The Bertz CT molecular complexity index is 802. The summed E-state index contributed by atoms with van der Waals surface area (Å²) in [6.07, 6.45) is 1.82. The molecule has 0 saturated carbocycles. The summed E-state index contributed by atoms with van der Waals surface area (Å²) < 4.78 is 16.6. The zero-order valence-corrected chi connectivity index (χ0v) is 14.2. The second-order valence-corrected chi connectivity index (χ2v) is 6.32. The van der Waals surface area contributed by atoms with Crippen LogP contribution >= 0.6 is 0 Å². The minimum absolute atomic E-state index is 0.0573. The Hall–Kier alpha value is -2.69. The van der Waals surface area contributed by atoms with Gasteiger partial charge < -0.3 is 19.5 Å². The number of amides is 1. The molecule has 25 heavy (non-hydrogen) atoms. The molecule has 0 saturated heterocycles. The highest BCUT2D eigenvalue weighted by atomic mass is 16.6. The van der Waals surface area contributed by atoms with Gasteiger partial charge in [-0.3, -0.25) is 4.79 Å². The molecule has 2 aromatic carbocycles. The van der Waals surface area contributed by atoms with E-state index in [1.807, 2.05) is 24.3 Å². The van der Waals surface area contributed by atoms with Gasteiger partial charge in [0, 0.05) is 18.2 Å². The molecule has 0 bridgehead atoms. The number of carbonyl (C=O) groups is 1. The third-order valence-corrected chi connectivity index (χ3v) is 4.85. The topological polar surface area (TPSA) is 56.8 Å². The van der Waals surface area contributed by atoms with Crippen LogP contribution in [0.3, 0.4) is 0 Å². The van der Waals surface area contributed by atoms with Crippen molar-refractivity contribution in [1.82, 2.24) is 5.32 Å². The molecule has 1 amide bonds. The molecular weight excluding hydrogens is 318 g/mol. The molecule has 1 N–H and O–H groups in total. The molecule has 0 aromatic heterocycles. The number of hydrogen-bond acceptors (Lipinski definition) is 4. The third-order valence-electron chi connectivity index (χ3n) is 4.85. The minimum Gasteiger partial charge on any atom is -0.496 e. The van der Waals surface area contributed by atoms with Gasteiger partial charge in [0.25, 0.3) is 0 Å². The lowest BCUT2D eigenvalue weighted by atomic mass is 10.0. The van der Waals surface area contributed by atoms with E-state index in [9.17, 15) is 4.79 Å². The first kappa shape index (κ1) is 15.8. The van der Waals surface area contributed by atoms with Crippen LogP contribution < -0.4 is 19.5 Å². The smallest absolute Gasteiger partial charge is 0.227 e. The van der Waals surface area contributed by atoms with Crippen LogP contribution in [-0.2, 0) is 17.8 Å². The van der Waals surface area contributed by atoms with Crippen molar-refractivity contribution < 1.29 is 19.0 Å². The highest BCUT2D eigenvalue weighted by Crippen LogP contribution is 2.37. The normalized spacial score (nSPS) is 17.7. The standard InChI is InChI=1S/C20H21NO4/c1-23-17-11-19-18(24-8-9-25-19)10-14(17)12-21-20(22)16-7-6-13-4-2-3-5-15(13)16/h2-5,10-11,16H,6-9,12H2,1H3,(H,21,22)/t16-/m0/s1. The summed E-state index contributed by atoms with van der Waals surface area (Å²) in [6, 6.07) is 11.9. The van der Waals surface area contributed by atoms with Crippen LogP contribution in [0, 0.1) is 0 Å². The zero-order chi connectivity index (χ0) is 17.2. The van der Waals surface area contributed by atoms with E-state index in [1.165, 1.54) is 5.56 Å². The van der Waals surface area contributed by atoms with Crippen molar-refractivity contribution in [1.29, 1.82) is 0 Å². The summed E-state index contributed by atoms with van der Waals surface area (Å²) >= 11 is 0. The van der Waals surface area contributed by atoms with Crippen LogP contribution in [-0.4, -0.2) is 26.2 Å². The predicted octanol–water partition coefficient (Wildman–Crippen LogP) is 2.81. The SMILES string of the molecule is COc1cc2c(cc1CNC(=O)[C@H]1CCc3ccccc31)OCCO2. The largest absolute Gasteiger partial charge is 0.496 e. The van der Waals surface area contributed by atoms with E-state index in [-0.39, 0.29) is 11.8 Å². The van der Waals surface area contributed by atoms with Crippen LogP contribution in [0.25, 0.3) is 0 Å². The summed E-state index contributed by atoms with van der Waals surface area (Å²) in [5, 5.41) is 3.05. The number of methoxy groups -OCH3 is 1. The summed E-state index contributed by atoms with van der Waals surface area (Å²) in [6.45, 7) is 1.47. The van der Waals surface area contributed by atoms with Crippen molar-refractivity contribution in [2.24, 2.45) is 0 Å². The quantitative estimate of drug-likeness (QED) is 0.931. The van der Waals surface area contributed by atoms with Crippen molar-refractivity contribution in [3.63, 3.8) is 0 Å². The van der Waals surface area contributed by atoms with E-state index in [1.54, 1.807) is 7.11 Å². The number of fused-ring (bicyclic) bond motifs is 2. The molecule has 2 aliphatic rings. The molecule has 1 aliphatic heterocycles. The second kappa shape index (κ2) is 6.67. The highest BCUT2D eigenvalue weighted by Gasteiger charge is 2.28. The molecule has 1 aliphatic carbocycles. The molecule has 2 aromatic rings. The van der Waals surface area contributed by atoms with Crippen LogP contribution in [0.1, 0.15) is 29.0 Å². The van der Waals surface area contributed by atoms with Gasteiger partial charge in [0.15, 0.2) is 11.5 Å². The fourth-order valence-corrected chi connectivity index (χ4v) is 3.58. The van der Waals surface area contributed by atoms with E-state index in [4.69, 9.17) is 14.2 Å². The fraction of sp³-hybridized carbons (Fsp3) is 0.350. The first-order valence-corrected chi connectivity index (χ1v) is 8.58. The monoisotopic (exact) mass is 339 g/mol. The summed E-state index contributed by atoms with van der Waals surface area (Å²) in [5.74, 6) is 2.06. The van der Waals surface area contributed by atoms with Crippen molar-refractivity contribution in [2.45, 2.75) is 25.3 Å². The van der Waals surface area contributed by atoms with Crippen LogP contribution in [0.4, 0.5) is 0 Å². The minimum atomic E-state index is -0.0700. The zero-order valence-electron chi connectivity index (χ0n) is 14.2. The van der Waals surface area contributed by atoms with Gasteiger partial charge in [-0.05, 0) is 30.0 Å². The fourth-order valence-electron chi connectivity index (χ4n) is 3.58. The maximum atomic E-state index is 12.7. The average molecular weight is 339 g/mol. The molecule has 5 heteroatoms. The van der Waals surface area contributed by atoms with E-state index in [0.717, 1.165) is 24.0 Å². The molecule has 0 unspecified atom stereocenters. The van der Waals surface area contributed by atoms with Crippen molar-refractivity contribution in [3.8, 4) is 17.2 Å². The van der Waals surface area contributed by atoms with E-state index in [2.05, 4.69) is 17.4 Å². The van der Waals surface area contributed by atoms with Gasteiger partial charge in [-0.1, -0.05) is 24.3 Å². The lowest BCUT2D eigenvalue weighted by molar-refractivity contribution is -0.122. The Balaban J connectivity index is 1.49. The van der Waals surface area contributed by atoms with Crippen molar-refractivity contribution in [3.05, 3.63) is 53.1 Å². The Morgan fingerprint density at radius 2 is 1.96 bits per heavy atom. The Labute approximate surface area is 146 Å². The first-order valence-electron chi connectivity index (χ1n) is 8.58. The molecule has 130 valence electrons. The number of aryl methyl sites for hydroxylation is 1. The lowest BCUT2D eigenvalue weighted by Crippen LogP contribution is -2.28. The van der Waals surface area contributed by atoms with Gasteiger partial charge in [0.2, 0.25) is 5.91 Å². The summed E-state index contributed by atoms with van der Waals surface area (Å²) in [4.78, 5) is 12.7. The molecule has 0 radical (unpaired) electrons. The molecular formula is C20H21NO4.